The van der Waals surface area contributed by atoms with Crippen molar-refractivity contribution in [3.05, 3.63) is 65.0 Å². The summed E-state index contributed by atoms with van der Waals surface area (Å²) in [7, 11) is 0. The Kier molecular flexibility index (Phi) is 5.08. The molecule has 0 bridgehead atoms. The topological polar surface area (TPSA) is 62.2 Å². The van der Waals surface area contributed by atoms with Gasteiger partial charge in [0.15, 0.2) is 0 Å². The number of aromatic nitrogens is 1. The molecule has 0 atom stereocenters. The number of carbonyl (C=O) groups is 1. The minimum Gasteiger partial charge on any atom is -0.384 e. The third kappa shape index (κ3) is 4.16. The molecule has 0 fully saturated rings. The molecule has 0 saturated carbocycles. The monoisotopic (exact) mass is 280 g/mol. The molecule has 2 rings (SSSR count). The van der Waals surface area contributed by atoms with E-state index >= 15 is 0 Å². The third-order valence-corrected chi connectivity index (χ3v) is 2.92. The maximum absolute atomic E-state index is 12.1. The van der Waals surface area contributed by atoms with Crippen LogP contribution in [0.2, 0.25) is 0 Å². The Morgan fingerprint density at radius 3 is 2.95 bits per heavy atom. The number of carbonyl (C=O) groups excluding carboxylic acids is 1. The molecule has 0 spiro atoms. The van der Waals surface area contributed by atoms with Crippen LogP contribution in [0.3, 0.4) is 0 Å². The van der Waals surface area contributed by atoms with Crippen molar-refractivity contribution in [3.63, 3.8) is 0 Å². The van der Waals surface area contributed by atoms with E-state index < -0.39 is 0 Å². The first-order valence-corrected chi connectivity index (χ1v) is 6.59. The molecule has 106 valence electrons. The van der Waals surface area contributed by atoms with Crippen molar-refractivity contribution in [1.82, 2.24) is 10.3 Å². The second-order valence-corrected chi connectivity index (χ2v) is 4.51. The number of aliphatic hydroxyl groups excluding tert-OH is 1. The molecule has 21 heavy (non-hydrogen) atoms. The van der Waals surface area contributed by atoms with Gasteiger partial charge in [0.1, 0.15) is 12.3 Å². The molecular formula is C17H16N2O2. The van der Waals surface area contributed by atoms with Gasteiger partial charge < -0.3 is 10.4 Å². The minimum absolute atomic E-state index is 0.167. The predicted molar refractivity (Wildman–Crippen MR) is 80.6 cm³/mol. The van der Waals surface area contributed by atoms with Gasteiger partial charge in [0.25, 0.3) is 5.91 Å². The number of rotatable bonds is 3. The van der Waals surface area contributed by atoms with Gasteiger partial charge in [-0.05, 0) is 36.2 Å². The molecular weight excluding hydrogens is 264 g/mol. The molecule has 2 aromatic rings. The lowest BCUT2D eigenvalue weighted by molar-refractivity contribution is 0.0945. The van der Waals surface area contributed by atoms with E-state index in [1.165, 1.54) is 0 Å². The summed E-state index contributed by atoms with van der Waals surface area (Å²) in [5.74, 6) is 5.24. The van der Waals surface area contributed by atoms with E-state index in [9.17, 15) is 4.79 Å². The SMILES string of the molecule is Cc1cccnc1C(=O)NCc1cccc(C#CCO)c1. The number of aliphatic hydroxyl groups is 1. The Hall–Kier alpha value is -2.64. The van der Waals surface area contributed by atoms with Crippen molar-refractivity contribution < 1.29 is 9.90 Å². The summed E-state index contributed by atoms with van der Waals surface area (Å²) >= 11 is 0. The lowest BCUT2D eigenvalue weighted by Gasteiger charge is -2.07. The molecule has 4 nitrogen and oxygen atoms in total. The second-order valence-electron chi connectivity index (χ2n) is 4.51. The number of hydrogen-bond donors (Lipinski definition) is 2. The van der Waals surface area contributed by atoms with Crippen LogP contribution < -0.4 is 5.32 Å². The summed E-state index contributed by atoms with van der Waals surface area (Å²) in [6.07, 6.45) is 1.60. The predicted octanol–water partition coefficient (Wildman–Crippen LogP) is 1.66. The van der Waals surface area contributed by atoms with Crippen LogP contribution in [0.4, 0.5) is 0 Å². The van der Waals surface area contributed by atoms with E-state index in [-0.39, 0.29) is 12.5 Å². The zero-order chi connectivity index (χ0) is 15.1. The van der Waals surface area contributed by atoms with Crippen LogP contribution in [0.25, 0.3) is 0 Å². The first-order chi connectivity index (χ1) is 10.2. The number of amides is 1. The Balaban J connectivity index is 2.03. The normalized spacial score (nSPS) is 9.62. The third-order valence-electron chi connectivity index (χ3n) is 2.92. The molecule has 1 aromatic carbocycles. The second kappa shape index (κ2) is 7.22. The van der Waals surface area contributed by atoms with E-state index in [4.69, 9.17) is 5.11 Å². The van der Waals surface area contributed by atoms with Gasteiger partial charge >= 0.3 is 0 Å². The van der Waals surface area contributed by atoms with Gasteiger partial charge in [-0.3, -0.25) is 9.78 Å². The maximum Gasteiger partial charge on any atom is 0.270 e. The molecule has 0 aliphatic rings. The Labute approximate surface area is 123 Å². The van der Waals surface area contributed by atoms with Crippen LogP contribution >= 0.6 is 0 Å². The minimum atomic E-state index is -0.194. The standard InChI is InChI=1S/C17H16N2O2/c1-13-5-3-9-18-16(13)17(21)19-12-15-7-2-6-14(11-15)8-4-10-20/h2-3,5-7,9,11,20H,10,12H2,1H3,(H,19,21). The van der Waals surface area contributed by atoms with Gasteiger partial charge in [-0.1, -0.05) is 30.0 Å². The molecule has 1 aromatic heterocycles. The summed E-state index contributed by atoms with van der Waals surface area (Å²) < 4.78 is 0. The number of aryl methyl sites for hydroxylation is 1. The van der Waals surface area contributed by atoms with Gasteiger partial charge in [0, 0.05) is 18.3 Å². The Morgan fingerprint density at radius 2 is 2.19 bits per heavy atom. The van der Waals surface area contributed by atoms with Crippen molar-refractivity contribution >= 4 is 5.91 Å². The van der Waals surface area contributed by atoms with E-state index in [0.717, 1.165) is 16.7 Å². The van der Waals surface area contributed by atoms with Crippen LogP contribution in [-0.4, -0.2) is 22.6 Å². The van der Waals surface area contributed by atoms with Crippen LogP contribution in [0.5, 0.6) is 0 Å². The fourth-order valence-electron chi connectivity index (χ4n) is 1.89. The Morgan fingerprint density at radius 1 is 1.33 bits per heavy atom. The smallest absolute Gasteiger partial charge is 0.270 e. The quantitative estimate of drug-likeness (QED) is 0.841. The van der Waals surface area contributed by atoms with Gasteiger partial charge in [0.2, 0.25) is 0 Å². The number of nitrogens with zero attached hydrogens (tertiary/aromatic N) is 1. The zero-order valence-electron chi connectivity index (χ0n) is 11.8. The van der Waals surface area contributed by atoms with E-state index in [2.05, 4.69) is 22.1 Å². The number of nitrogens with one attached hydrogen (secondary N) is 1. The lowest BCUT2D eigenvalue weighted by atomic mass is 10.1. The average Bonchev–Trinajstić information content (AvgIpc) is 2.51. The lowest BCUT2D eigenvalue weighted by Crippen LogP contribution is -2.24. The number of benzene rings is 1. The summed E-state index contributed by atoms with van der Waals surface area (Å²) in [6, 6.07) is 11.2. The summed E-state index contributed by atoms with van der Waals surface area (Å²) in [4.78, 5) is 16.1. The fourth-order valence-corrected chi connectivity index (χ4v) is 1.89. The van der Waals surface area contributed by atoms with Crippen molar-refractivity contribution in [2.24, 2.45) is 0 Å². The number of hydrogen-bond acceptors (Lipinski definition) is 3. The summed E-state index contributed by atoms with van der Waals surface area (Å²) in [6.45, 7) is 2.09. The van der Waals surface area contributed by atoms with Crippen molar-refractivity contribution in [1.29, 1.82) is 0 Å². The highest BCUT2D eigenvalue weighted by atomic mass is 16.2. The van der Waals surface area contributed by atoms with Crippen molar-refractivity contribution in [2.45, 2.75) is 13.5 Å². The highest BCUT2D eigenvalue weighted by molar-refractivity contribution is 5.93. The molecule has 0 saturated heterocycles. The highest BCUT2D eigenvalue weighted by Gasteiger charge is 2.09. The van der Waals surface area contributed by atoms with Crippen LogP contribution in [-0.2, 0) is 6.54 Å². The molecule has 0 aliphatic heterocycles. The van der Waals surface area contributed by atoms with Crippen LogP contribution in [0.15, 0.2) is 42.6 Å². The first kappa shape index (κ1) is 14.8. The van der Waals surface area contributed by atoms with Crippen LogP contribution in [0, 0.1) is 18.8 Å². The van der Waals surface area contributed by atoms with Gasteiger partial charge in [0.05, 0.1) is 0 Å². The molecule has 1 heterocycles. The largest absolute Gasteiger partial charge is 0.384 e. The first-order valence-electron chi connectivity index (χ1n) is 6.59. The average molecular weight is 280 g/mol. The van der Waals surface area contributed by atoms with Crippen molar-refractivity contribution in [3.8, 4) is 11.8 Å². The van der Waals surface area contributed by atoms with E-state index in [1.807, 2.05) is 37.3 Å². The molecule has 0 unspecified atom stereocenters. The summed E-state index contributed by atoms with van der Waals surface area (Å²) in [5.41, 5.74) is 3.04. The number of pyridine rings is 1. The van der Waals surface area contributed by atoms with Crippen molar-refractivity contribution in [2.75, 3.05) is 6.61 Å². The molecule has 0 radical (unpaired) electrons. The maximum atomic E-state index is 12.1. The zero-order valence-corrected chi connectivity index (χ0v) is 11.8. The van der Waals surface area contributed by atoms with Gasteiger partial charge in [-0.15, -0.1) is 0 Å². The molecule has 1 amide bonds. The summed E-state index contributed by atoms with van der Waals surface area (Å²) in [5, 5.41) is 11.5. The van der Waals surface area contributed by atoms with Gasteiger partial charge in [-0.2, -0.15) is 0 Å². The van der Waals surface area contributed by atoms with E-state index in [0.29, 0.717) is 12.2 Å². The molecule has 0 aliphatic carbocycles. The molecule has 2 N–H and O–H groups in total. The highest BCUT2D eigenvalue weighted by Crippen LogP contribution is 2.06. The Bertz CT molecular complexity index is 699. The fraction of sp³-hybridized carbons (Fsp3) is 0.176. The molecule has 4 heteroatoms. The van der Waals surface area contributed by atoms with Gasteiger partial charge in [-0.25, -0.2) is 0 Å². The van der Waals surface area contributed by atoms with Crippen LogP contribution in [0.1, 0.15) is 27.2 Å². The van der Waals surface area contributed by atoms with E-state index in [1.54, 1.807) is 12.3 Å².